The van der Waals surface area contributed by atoms with Crippen molar-refractivity contribution in [2.24, 2.45) is 0 Å². The third-order valence-electron chi connectivity index (χ3n) is 2.16. The number of benzene rings is 1. The second kappa shape index (κ2) is 8.14. The molecular formula is C12H14BrClN2O3. The van der Waals surface area contributed by atoms with Crippen molar-refractivity contribution in [2.75, 3.05) is 26.8 Å². The molecule has 0 atom stereocenters. The number of carbonyl (C=O) groups is 2. The minimum Gasteiger partial charge on any atom is -0.383 e. The fourth-order valence-electron chi connectivity index (χ4n) is 1.30. The van der Waals surface area contributed by atoms with E-state index in [1.54, 1.807) is 19.2 Å². The normalized spacial score (nSPS) is 10.1. The molecule has 0 aliphatic heterocycles. The average molecular weight is 350 g/mol. The lowest BCUT2D eigenvalue weighted by Gasteiger charge is -2.07. The highest BCUT2D eigenvalue weighted by molar-refractivity contribution is 9.10. The monoisotopic (exact) mass is 348 g/mol. The van der Waals surface area contributed by atoms with E-state index < -0.39 is 0 Å². The number of halogens is 2. The minimum atomic E-state index is -0.356. The van der Waals surface area contributed by atoms with E-state index in [9.17, 15) is 9.59 Å². The van der Waals surface area contributed by atoms with Crippen molar-refractivity contribution >= 4 is 39.3 Å². The van der Waals surface area contributed by atoms with Crippen LogP contribution in [-0.4, -0.2) is 38.6 Å². The first-order valence-corrected chi connectivity index (χ1v) is 6.70. The van der Waals surface area contributed by atoms with Gasteiger partial charge < -0.3 is 15.4 Å². The van der Waals surface area contributed by atoms with Gasteiger partial charge in [-0.2, -0.15) is 0 Å². The molecule has 0 heterocycles. The average Bonchev–Trinajstić information content (AvgIpc) is 2.35. The highest BCUT2D eigenvalue weighted by atomic mass is 79.9. The van der Waals surface area contributed by atoms with Crippen LogP contribution in [0.4, 0.5) is 0 Å². The number of hydrogen-bond acceptors (Lipinski definition) is 3. The summed E-state index contributed by atoms with van der Waals surface area (Å²) in [7, 11) is 1.55. The van der Waals surface area contributed by atoms with Crippen molar-refractivity contribution in [1.29, 1.82) is 0 Å². The number of carbonyl (C=O) groups excluding carboxylic acids is 2. The molecule has 0 spiro atoms. The number of hydrogen-bond donors (Lipinski definition) is 2. The molecule has 0 aliphatic rings. The number of amides is 2. The summed E-state index contributed by atoms with van der Waals surface area (Å²) < 4.78 is 5.49. The van der Waals surface area contributed by atoms with Gasteiger partial charge in [-0.15, -0.1) is 0 Å². The fraction of sp³-hybridized carbons (Fsp3) is 0.333. The van der Waals surface area contributed by atoms with Gasteiger partial charge in [-0.05, 0) is 18.2 Å². The summed E-state index contributed by atoms with van der Waals surface area (Å²) in [5, 5.41) is 5.56. The summed E-state index contributed by atoms with van der Waals surface area (Å²) >= 11 is 9.08. The zero-order valence-electron chi connectivity index (χ0n) is 10.3. The van der Waals surface area contributed by atoms with E-state index in [1.807, 2.05) is 0 Å². The van der Waals surface area contributed by atoms with Crippen LogP contribution >= 0.6 is 27.5 Å². The molecule has 19 heavy (non-hydrogen) atoms. The molecule has 0 aromatic heterocycles. The molecule has 0 bridgehead atoms. The Hall–Kier alpha value is -1.11. The van der Waals surface area contributed by atoms with Crippen LogP contribution in [-0.2, 0) is 9.53 Å². The van der Waals surface area contributed by atoms with Gasteiger partial charge in [0.25, 0.3) is 5.91 Å². The van der Waals surface area contributed by atoms with Gasteiger partial charge in [-0.3, -0.25) is 9.59 Å². The second-order valence-corrected chi connectivity index (χ2v) is 5.04. The van der Waals surface area contributed by atoms with Gasteiger partial charge in [0.2, 0.25) is 5.91 Å². The summed E-state index contributed by atoms with van der Waals surface area (Å²) in [4.78, 5) is 23.2. The molecule has 0 fully saturated rings. The van der Waals surface area contributed by atoms with Gasteiger partial charge in [0.1, 0.15) is 0 Å². The summed E-state index contributed by atoms with van der Waals surface area (Å²) in [6.07, 6.45) is 0. The van der Waals surface area contributed by atoms with Gasteiger partial charge in [-0.1, -0.05) is 27.5 Å². The van der Waals surface area contributed by atoms with Crippen molar-refractivity contribution < 1.29 is 14.3 Å². The lowest BCUT2D eigenvalue weighted by atomic mass is 10.2. The van der Waals surface area contributed by atoms with Crippen LogP contribution in [0.15, 0.2) is 22.7 Å². The van der Waals surface area contributed by atoms with E-state index in [1.165, 1.54) is 6.07 Å². The van der Waals surface area contributed by atoms with Crippen molar-refractivity contribution in [2.45, 2.75) is 0 Å². The molecule has 1 aromatic carbocycles. The molecule has 1 rings (SSSR count). The van der Waals surface area contributed by atoms with Crippen molar-refractivity contribution in [3.05, 3.63) is 33.3 Å². The van der Waals surface area contributed by atoms with E-state index in [4.69, 9.17) is 16.3 Å². The van der Waals surface area contributed by atoms with Crippen LogP contribution in [0.1, 0.15) is 10.4 Å². The maximum absolute atomic E-state index is 11.8. The molecule has 0 saturated carbocycles. The van der Waals surface area contributed by atoms with Crippen molar-refractivity contribution in [3.63, 3.8) is 0 Å². The zero-order chi connectivity index (χ0) is 14.3. The van der Waals surface area contributed by atoms with Gasteiger partial charge in [0.15, 0.2) is 0 Å². The lowest BCUT2D eigenvalue weighted by molar-refractivity contribution is -0.120. The smallest absolute Gasteiger partial charge is 0.251 e. The number of rotatable bonds is 6. The molecule has 0 unspecified atom stereocenters. The number of ether oxygens (including phenoxy) is 1. The Bertz CT molecular complexity index is 448. The highest BCUT2D eigenvalue weighted by Gasteiger charge is 2.09. The van der Waals surface area contributed by atoms with E-state index in [0.717, 1.165) is 0 Å². The van der Waals surface area contributed by atoms with Gasteiger partial charge in [-0.25, -0.2) is 0 Å². The Labute approximate surface area is 124 Å². The molecule has 2 amide bonds. The first-order valence-electron chi connectivity index (χ1n) is 5.53. The SMILES string of the molecule is COCCNC(=O)CNC(=O)c1cc(Cl)cc(Br)c1. The molecule has 5 nitrogen and oxygen atoms in total. The second-order valence-electron chi connectivity index (χ2n) is 3.68. The summed E-state index contributed by atoms with van der Waals surface area (Å²) in [5.74, 6) is -0.628. The van der Waals surface area contributed by atoms with Gasteiger partial charge in [0, 0.05) is 28.7 Å². The van der Waals surface area contributed by atoms with Crippen LogP contribution < -0.4 is 10.6 Å². The Kier molecular flexibility index (Phi) is 6.83. The molecule has 104 valence electrons. The molecule has 0 saturated heterocycles. The topological polar surface area (TPSA) is 67.4 Å². The van der Waals surface area contributed by atoms with Gasteiger partial charge >= 0.3 is 0 Å². The summed E-state index contributed by atoms with van der Waals surface area (Å²) in [6, 6.07) is 4.84. The summed E-state index contributed by atoms with van der Waals surface area (Å²) in [6.45, 7) is 0.752. The third-order valence-corrected chi connectivity index (χ3v) is 2.84. The standard InChI is InChI=1S/C12H14BrClN2O3/c1-19-3-2-15-11(17)7-16-12(18)8-4-9(13)6-10(14)5-8/h4-6H,2-3,7H2,1H3,(H,15,17)(H,16,18). The van der Waals surface area contributed by atoms with Crippen molar-refractivity contribution in [1.82, 2.24) is 10.6 Å². The lowest BCUT2D eigenvalue weighted by Crippen LogP contribution is -2.38. The van der Waals surface area contributed by atoms with E-state index in [0.29, 0.717) is 28.2 Å². The molecular weight excluding hydrogens is 336 g/mol. The fourth-order valence-corrected chi connectivity index (χ4v) is 2.16. The number of methoxy groups -OCH3 is 1. The van der Waals surface area contributed by atoms with Gasteiger partial charge in [0.05, 0.1) is 13.2 Å². The zero-order valence-corrected chi connectivity index (χ0v) is 12.7. The predicted octanol–water partition coefficient (Wildman–Crippen LogP) is 1.59. The maximum Gasteiger partial charge on any atom is 0.251 e. The maximum atomic E-state index is 11.8. The molecule has 7 heteroatoms. The highest BCUT2D eigenvalue weighted by Crippen LogP contribution is 2.19. The van der Waals surface area contributed by atoms with Crippen LogP contribution in [0.3, 0.4) is 0 Å². The van der Waals surface area contributed by atoms with Crippen LogP contribution in [0.2, 0.25) is 5.02 Å². The Morgan fingerprint density at radius 3 is 2.68 bits per heavy atom. The van der Waals surface area contributed by atoms with E-state index >= 15 is 0 Å². The first kappa shape index (κ1) is 15.9. The largest absolute Gasteiger partial charge is 0.383 e. The number of nitrogens with one attached hydrogen (secondary N) is 2. The van der Waals surface area contributed by atoms with E-state index in [-0.39, 0.29) is 18.4 Å². The van der Waals surface area contributed by atoms with Crippen molar-refractivity contribution in [3.8, 4) is 0 Å². The van der Waals surface area contributed by atoms with Crippen LogP contribution in [0.5, 0.6) is 0 Å². The first-order chi connectivity index (χ1) is 9.02. The summed E-state index contributed by atoms with van der Waals surface area (Å²) in [5.41, 5.74) is 0.393. The molecule has 0 radical (unpaired) electrons. The van der Waals surface area contributed by atoms with Crippen LogP contribution in [0.25, 0.3) is 0 Å². The predicted molar refractivity (Wildman–Crippen MR) is 76.4 cm³/mol. The Balaban J connectivity index is 2.44. The molecule has 2 N–H and O–H groups in total. The minimum absolute atomic E-state index is 0.0906. The molecule has 1 aromatic rings. The quantitative estimate of drug-likeness (QED) is 0.767. The Morgan fingerprint density at radius 2 is 2.05 bits per heavy atom. The Morgan fingerprint density at radius 1 is 1.32 bits per heavy atom. The van der Waals surface area contributed by atoms with Crippen LogP contribution in [0, 0.1) is 0 Å². The third kappa shape index (κ3) is 6.04. The molecule has 0 aliphatic carbocycles. The van der Waals surface area contributed by atoms with E-state index in [2.05, 4.69) is 26.6 Å².